The molecule has 0 fully saturated rings. The Balaban J connectivity index is 2.19. The Hall–Kier alpha value is -1.27. The maximum absolute atomic E-state index is 11.8. The van der Waals surface area contributed by atoms with Gasteiger partial charge in [-0.1, -0.05) is 35.1 Å². The van der Waals surface area contributed by atoms with E-state index in [9.17, 15) is 8.42 Å². The van der Waals surface area contributed by atoms with Crippen molar-refractivity contribution in [1.82, 2.24) is 0 Å². The average molecular weight is 269 g/mol. The smallest absolute Gasteiger partial charge is 0.264 e. The molecule has 4 nitrogen and oxygen atoms in total. The van der Waals surface area contributed by atoms with Crippen molar-refractivity contribution in [3.05, 3.63) is 42.0 Å². The highest BCUT2D eigenvalue weighted by molar-refractivity contribution is 8.14. The number of rotatable bonds is 3. The van der Waals surface area contributed by atoms with Gasteiger partial charge in [-0.15, -0.1) is 0 Å². The van der Waals surface area contributed by atoms with Gasteiger partial charge >= 0.3 is 10.1 Å². The molecule has 0 radical (unpaired) electrons. The maximum Gasteiger partial charge on any atom is 0.358 e. The summed E-state index contributed by atoms with van der Waals surface area (Å²) in [6.07, 6.45) is 3.63. The van der Waals surface area contributed by atoms with E-state index in [0.717, 1.165) is 11.3 Å². The van der Waals surface area contributed by atoms with Crippen molar-refractivity contribution in [2.24, 2.45) is 5.16 Å². The molecule has 0 bridgehead atoms. The Bertz CT molecular complexity index is 576. The molecule has 1 heterocycles. The third-order valence-corrected chi connectivity index (χ3v) is 4.06. The molecular formula is C11H11NO3S2. The lowest BCUT2D eigenvalue weighted by Gasteiger charge is -2.02. The van der Waals surface area contributed by atoms with Gasteiger partial charge in [-0.2, -0.15) is 8.42 Å². The van der Waals surface area contributed by atoms with E-state index in [2.05, 4.69) is 9.44 Å². The summed E-state index contributed by atoms with van der Waals surface area (Å²) in [6.45, 7) is 1.82. The fourth-order valence-electron chi connectivity index (χ4n) is 1.29. The molecule has 0 unspecified atom stereocenters. The fraction of sp³-hybridized carbons (Fsp3) is 0.182. The van der Waals surface area contributed by atoms with Crippen molar-refractivity contribution in [2.45, 2.75) is 11.8 Å². The maximum atomic E-state index is 11.8. The monoisotopic (exact) mass is 269 g/mol. The van der Waals surface area contributed by atoms with Gasteiger partial charge < -0.3 is 0 Å². The van der Waals surface area contributed by atoms with Gasteiger partial charge in [0.25, 0.3) is 0 Å². The molecular weight excluding hydrogens is 258 g/mol. The van der Waals surface area contributed by atoms with Crippen LogP contribution in [0.1, 0.15) is 5.56 Å². The molecule has 0 atom stereocenters. The molecule has 0 aliphatic carbocycles. The van der Waals surface area contributed by atoms with E-state index in [1.54, 1.807) is 18.2 Å². The lowest BCUT2D eigenvalue weighted by atomic mass is 10.2. The second-order valence-corrected chi connectivity index (χ2v) is 6.06. The van der Waals surface area contributed by atoms with Gasteiger partial charge in [0, 0.05) is 5.75 Å². The Morgan fingerprint density at radius 3 is 2.88 bits per heavy atom. The predicted molar refractivity (Wildman–Crippen MR) is 68.5 cm³/mol. The second-order valence-electron chi connectivity index (χ2n) is 3.49. The zero-order chi connectivity index (χ0) is 12.3. The van der Waals surface area contributed by atoms with Crippen LogP contribution in [0.2, 0.25) is 0 Å². The van der Waals surface area contributed by atoms with Crippen LogP contribution in [-0.4, -0.2) is 19.2 Å². The molecule has 0 amide bonds. The van der Waals surface area contributed by atoms with Crippen LogP contribution < -0.4 is 0 Å². The highest BCUT2D eigenvalue weighted by Gasteiger charge is 2.16. The average Bonchev–Trinajstić information content (AvgIpc) is 2.79. The predicted octanol–water partition coefficient (Wildman–Crippen LogP) is 2.32. The molecule has 17 heavy (non-hydrogen) atoms. The summed E-state index contributed by atoms with van der Waals surface area (Å²) in [4.78, 5) is 0.119. The number of benzene rings is 1. The first-order valence-corrected chi connectivity index (χ1v) is 7.35. The minimum Gasteiger partial charge on any atom is -0.264 e. The van der Waals surface area contributed by atoms with Crippen molar-refractivity contribution in [2.75, 3.05) is 5.75 Å². The van der Waals surface area contributed by atoms with E-state index in [0.29, 0.717) is 5.04 Å². The third kappa shape index (κ3) is 3.10. The SMILES string of the molecule is Cc1cccc(S(=O)(=O)ON=C2C=CCS2)c1. The molecule has 2 rings (SSSR count). The van der Waals surface area contributed by atoms with E-state index in [1.807, 2.05) is 19.1 Å². The summed E-state index contributed by atoms with van der Waals surface area (Å²) in [5.41, 5.74) is 0.859. The molecule has 0 aromatic heterocycles. The quantitative estimate of drug-likeness (QED) is 0.790. The van der Waals surface area contributed by atoms with Gasteiger partial charge in [0.2, 0.25) is 0 Å². The molecule has 6 heteroatoms. The third-order valence-electron chi connectivity index (χ3n) is 2.09. The first-order chi connectivity index (χ1) is 8.08. The number of hydrogen-bond acceptors (Lipinski definition) is 5. The lowest BCUT2D eigenvalue weighted by Crippen LogP contribution is -2.03. The molecule has 1 aliphatic rings. The van der Waals surface area contributed by atoms with Crippen LogP contribution in [0.5, 0.6) is 0 Å². The zero-order valence-corrected chi connectivity index (χ0v) is 10.8. The van der Waals surface area contributed by atoms with Crippen molar-refractivity contribution in [3.63, 3.8) is 0 Å². The van der Waals surface area contributed by atoms with E-state index >= 15 is 0 Å². The van der Waals surface area contributed by atoms with Crippen LogP contribution in [-0.2, 0) is 14.4 Å². The van der Waals surface area contributed by atoms with Gasteiger partial charge in [0.15, 0.2) is 0 Å². The molecule has 0 saturated carbocycles. The summed E-state index contributed by atoms with van der Waals surface area (Å²) in [6, 6.07) is 6.52. The standard InChI is InChI=1S/C11H11NO3S2/c1-9-4-2-5-10(8-9)17(13,14)15-12-11-6-3-7-16-11/h2-6,8H,7H2,1H3. The largest absolute Gasteiger partial charge is 0.358 e. The minimum absolute atomic E-state index is 0.119. The van der Waals surface area contributed by atoms with Crippen LogP contribution in [0.3, 0.4) is 0 Å². The Labute approximate surface area is 104 Å². The van der Waals surface area contributed by atoms with Crippen molar-refractivity contribution >= 4 is 26.9 Å². The molecule has 0 saturated heterocycles. The van der Waals surface area contributed by atoms with Gasteiger partial charge in [-0.05, 0) is 30.7 Å². The Morgan fingerprint density at radius 2 is 2.24 bits per heavy atom. The van der Waals surface area contributed by atoms with Crippen molar-refractivity contribution in [1.29, 1.82) is 0 Å². The molecule has 90 valence electrons. The number of oxime groups is 1. The summed E-state index contributed by atoms with van der Waals surface area (Å²) >= 11 is 1.43. The van der Waals surface area contributed by atoms with Gasteiger partial charge in [-0.3, -0.25) is 4.28 Å². The fourth-order valence-corrected chi connectivity index (χ4v) is 2.82. The van der Waals surface area contributed by atoms with E-state index < -0.39 is 10.1 Å². The normalized spacial score (nSPS) is 17.6. The van der Waals surface area contributed by atoms with Gasteiger partial charge in [0.1, 0.15) is 9.94 Å². The van der Waals surface area contributed by atoms with Crippen LogP contribution in [0.25, 0.3) is 0 Å². The first-order valence-electron chi connectivity index (χ1n) is 4.95. The number of hydrogen-bond donors (Lipinski definition) is 0. The summed E-state index contributed by atoms with van der Waals surface area (Å²) in [5.74, 6) is 0.798. The highest BCUT2D eigenvalue weighted by Crippen LogP contribution is 2.17. The summed E-state index contributed by atoms with van der Waals surface area (Å²) in [5, 5.41) is 4.18. The number of nitrogens with zero attached hydrogens (tertiary/aromatic N) is 1. The lowest BCUT2D eigenvalue weighted by molar-refractivity contribution is 0.340. The molecule has 1 aromatic carbocycles. The number of thioether (sulfide) groups is 1. The zero-order valence-electron chi connectivity index (χ0n) is 9.16. The topological polar surface area (TPSA) is 55.7 Å². The van der Waals surface area contributed by atoms with Crippen LogP contribution >= 0.6 is 11.8 Å². The molecule has 1 aromatic rings. The molecule has 1 aliphatic heterocycles. The Kier molecular flexibility index (Phi) is 3.54. The van der Waals surface area contributed by atoms with Crippen LogP contribution in [0, 0.1) is 6.92 Å². The van der Waals surface area contributed by atoms with Gasteiger partial charge in [0.05, 0.1) is 0 Å². The Morgan fingerprint density at radius 1 is 1.41 bits per heavy atom. The molecule has 0 spiro atoms. The summed E-state index contributed by atoms with van der Waals surface area (Å²) in [7, 11) is -3.80. The van der Waals surface area contributed by atoms with Crippen molar-refractivity contribution < 1.29 is 12.7 Å². The minimum atomic E-state index is -3.80. The summed E-state index contributed by atoms with van der Waals surface area (Å²) < 4.78 is 28.2. The highest BCUT2D eigenvalue weighted by atomic mass is 32.2. The van der Waals surface area contributed by atoms with E-state index in [1.165, 1.54) is 17.8 Å². The second kappa shape index (κ2) is 4.93. The molecule has 0 N–H and O–H groups in total. The van der Waals surface area contributed by atoms with Crippen molar-refractivity contribution in [3.8, 4) is 0 Å². The van der Waals surface area contributed by atoms with Gasteiger partial charge in [-0.25, -0.2) is 0 Å². The number of aryl methyl sites for hydroxylation is 1. The van der Waals surface area contributed by atoms with E-state index in [4.69, 9.17) is 0 Å². The van der Waals surface area contributed by atoms with E-state index in [-0.39, 0.29) is 4.90 Å². The van der Waals surface area contributed by atoms with Crippen LogP contribution in [0.15, 0.2) is 46.5 Å². The van der Waals surface area contributed by atoms with Crippen LogP contribution in [0.4, 0.5) is 0 Å². The first kappa shape index (κ1) is 12.2.